The van der Waals surface area contributed by atoms with Crippen molar-refractivity contribution in [2.24, 2.45) is 0 Å². The fourth-order valence-electron chi connectivity index (χ4n) is 1.59. The average molecular weight is 380 g/mol. The second-order valence-electron chi connectivity index (χ2n) is 3.96. The van der Waals surface area contributed by atoms with Gasteiger partial charge in [0.1, 0.15) is 10.7 Å². The Kier molecular flexibility index (Phi) is 4.48. The molecule has 1 aromatic heterocycles. The summed E-state index contributed by atoms with van der Waals surface area (Å²) < 4.78 is 39.4. The van der Waals surface area contributed by atoms with E-state index in [0.717, 1.165) is 15.6 Å². The number of benzene rings is 1. The van der Waals surface area contributed by atoms with Gasteiger partial charge in [0.15, 0.2) is 0 Å². The van der Waals surface area contributed by atoms with Gasteiger partial charge in [0.2, 0.25) is 0 Å². The predicted molar refractivity (Wildman–Crippen MR) is 79.9 cm³/mol. The highest BCUT2D eigenvalue weighted by Gasteiger charge is 2.26. The minimum absolute atomic E-state index is 0.0818. The van der Waals surface area contributed by atoms with Crippen LogP contribution in [-0.2, 0) is 16.6 Å². The standard InChI is InChI=1S/C12H11BrFNO3S2/c1-15(9-4-2-8(14)3-5-9)20(17,18)11-6-10(7-16)19-12(11)13/h2-6,16H,7H2,1H3. The zero-order valence-electron chi connectivity index (χ0n) is 10.4. The van der Waals surface area contributed by atoms with Gasteiger partial charge in [0, 0.05) is 11.9 Å². The van der Waals surface area contributed by atoms with E-state index in [-0.39, 0.29) is 11.5 Å². The lowest BCUT2D eigenvalue weighted by atomic mass is 10.3. The number of sulfonamides is 1. The Labute approximate surface area is 128 Å². The number of aliphatic hydroxyl groups excluding tert-OH is 1. The highest BCUT2D eigenvalue weighted by atomic mass is 79.9. The first-order chi connectivity index (χ1) is 9.36. The van der Waals surface area contributed by atoms with Crippen molar-refractivity contribution in [1.29, 1.82) is 0 Å². The summed E-state index contributed by atoms with van der Waals surface area (Å²) in [5, 5.41) is 9.07. The summed E-state index contributed by atoms with van der Waals surface area (Å²) in [7, 11) is -2.37. The van der Waals surface area contributed by atoms with Crippen molar-refractivity contribution >= 4 is 43.0 Å². The van der Waals surface area contributed by atoms with E-state index in [4.69, 9.17) is 5.11 Å². The number of aliphatic hydroxyl groups is 1. The molecule has 0 aliphatic rings. The van der Waals surface area contributed by atoms with Crippen molar-refractivity contribution in [3.05, 3.63) is 44.8 Å². The number of thiophene rings is 1. The quantitative estimate of drug-likeness (QED) is 0.888. The van der Waals surface area contributed by atoms with Gasteiger partial charge < -0.3 is 5.11 Å². The minimum Gasteiger partial charge on any atom is -0.391 e. The molecule has 0 amide bonds. The molecule has 0 saturated carbocycles. The van der Waals surface area contributed by atoms with Gasteiger partial charge in [-0.05, 0) is 46.3 Å². The molecule has 0 aliphatic heterocycles. The molecule has 0 atom stereocenters. The van der Waals surface area contributed by atoms with Crippen LogP contribution in [0.15, 0.2) is 39.0 Å². The lowest BCUT2D eigenvalue weighted by Crippen LogP contribution is -2.26. The number of hydrogen-bond acceptors (Lipinski definition) is 4. The van der Waals surface area contributed by atoms with Crippen LogP contribution in [0.25, 0.3) is 0 Å². The Morgan fingerprint density at radius 2 is 1.95 bits per heavy atom. The van der Waals surface area contributed by atoms with Crippen LogP contribution in [0.4, 0.5) is 10.1 Å². The first kappa shape index (κ1) is 15.4. The van der Waals surface area contributed by atoms with Gasteiger partial charge in [-0.1, -0.05) is 0 Å². The third kappa shape index (κ3) is 2.88. The van der Waals surface area contributed by atoms with Gasteiger partial charge in [-0.3, -0.25) is 4.31 Å². The fourth-order valence-corrected chi connectivity index (χ4v) is 5.28. The van der Waals surface area contributed by atoms with E-state index in [1.54, 1.807) is 0 Å². The van der Waals surface area contributed by atoms with Crippen molar-refractivity contribution < 1.29 is 17.9 Å². The van der Waals surface area contributed by atoms with Crippen LogP contribution in [0.3, 0.4) is 0 Å². The van der Waals surface area contributed by atoms with Crippen LogP contribution >= 0.6 is 27.3 Å². The first-order valence-electron chi connectivity index (χ1n) is 5.50. The lowest BCUT2D eigenvalue weighted by Gasteiger charge is -2.19. The number of hydrogen-bond donors (Lipinski definition) is 1. The van der Waals surface area contributed by atoms with Gasteiger partial charge in [0.05, 0.1) is 16.1 Å². The molecular formula is C12H11BrFNO3S2. The molecule has 0 aliphatic carbocycles. The van der Waals surface area contributed by atoms with E-state index < -0.39 is 15.8 Å². The van der Waals surface area contributed by atoms with E-state index in [0.29, 0.717) is 14.4 Å². The minimum atomic E-state index is -3.76. The summed E-state index contributed by atoms with van der Waals surface area (Å²) in [6.45, 7) is -0.223. The van der Waals surface area contributed by atoms with Gasteiger partial charge in [-0.15, -0.1) is 11.3 Å². The Balaban J connectivity index is 2.43. The molecule has 1 aromatic carbocycles. The summed E-state index contributed by atoms with van der Waals surface area (Å²) in [5.74, 6) is -0.432. The molecule has 0 fully saturated rings. The van der Waals surface area contributed by atoms with E-state index in [1.165, 1.54) is 37.4 Å². The molecule has 0 saturated heterocycles. The Hall–Kier alpha value is -0.960. The van der Waals surface area contributed by atoms with Crippen LogP contribution in [-0.4, -0.2) is 20.6 Å². The van der Waals surface area contributed by atoms with E-state index >= 15 is 0 Å². The van der Waals surface area contributed by atoms with E-state index in [2.05, 4.69) is 15.9 Å². The summed E-state index contributed by atoms with van der Waals surface area (Å²) in [5.41, 5.74) is 0.357. The molecule has 0 spiro atoms. The zero-order valence-corrected chi connectivity index (χ0v) is 13.6. The highest BCUT2D eigenvalue weighted by Crippen LogP contribution is 2.34. The van der Waals surface area contributed by atoms with Crippen molar-refractivity contribution in [2.75, 3.05) is 11.4 Å². The molecule has 2 rings (SSSR count). The Morgan fingerprint density at radius 3 is 2.45 bits per heavy atom. The lowest BCUT2D eigenvalue weighted by molar-refractivity contribution is 0.285. The monoisotopic (exact) mass is 379 g/mol. The maximum Gasteiger partial charge on any atom is 0.266 e. The van der Waals surface area contributed by atoms with Crippen LogP contribution in [0, 0.1) is 5.82 Å². The predicted octanol–water partition coefficient (Wildman–Crippen LogP) is 2.97. The molecule has 0 radical (unpaired) electrons. The second kappa shape index (κ2) is 5.80. The van der Waals surface area contributed by atoms with E-state index in [9.17, 15) is 12.8 Å². The summed E-state index contributed by atoms with van der Waals surface area (Å²) in [6.07, 6.45) is 0. The van der Waals surface area contributed by atoms with Crippen molar-refractivity contribution in [3.8, 4) is 0 Å². The maximum absolute atomic E-state index is 12.9. The van der Waals surface area contributed by atoms with Crippen LogP contribution in [0.1, 0.15) is 4.88 Å². The smallest absolute Gasteiger partial charge is 0.266 e. The molecule has 1 heterocycles. The van der Waals surface area contributed by atoms with Gasteiger partial charge in [-0.2, -0.15) is 0 Å². The third-order valence-corrected chi connectivity index (χ3v) is 6.71. The Bertz CT molecular complexity index is 713. The summed E-state index contributed by atoms with van der Waals surface area (Å²) in [4.78, 5) is 0.626. The zero-order chi connectivity index (χ0) is 14.9. The average Bonchev–Trinajstić information content (AvgIpc) is 2.81. The largest absolute Gasteiger partial charge is 0.391 e. The Morgan fingerprint density at radius 1 is 1.35 bits per heavy atom. The normalized spacial score (nSPS) is 11.6. The molecule has 8 heteroatoms. The topological polar surface area (TPSA) is 57.6 Å². The third-order valence-electron chi connectivity index (χ3n) is 2.69. The van der Waals surface area contributed by atoms with Crippen LogP contribution in [0.5, 0.6) is 0 Å². The molecule has 0 unspecified atom stereocenters. The summed E-state index contributed by atoms with van der Waals surface area (Å²) >= 11 is 4.34. The van der Waals surface area contributed by atoms with Crippen LogP contribution in [0.2, 0.25) is 0 Å². The molecule has 4 nitrogen and oxygen atoms in total. The molecule has 1 N–H and O–H groups in total. The fraction of sp³-hybridized carbons (Fsp3) is 0.167. The number of rotatable bonds is 4. The van der Waals surface area contributed by atoms with Crippen molar-refractivity contribution in [2.45, 2.75) is 11.5 Å². The summed E-state index contributed by atoms with van der Waals surface area (Å²) in [6, 6.07) is 6.59. The van der Waals surface area contributed by atoms with Crippen molar-refractivity contribution in [3.63, 3.8) is 0 Å². The molecular weight excluding hydrogens is 369 g/mol. The van der Waals surface area contributed by atoms with Gasteiger partial charge >= 0.3 is 0 Å². The first-order valence-corrected chi connectivity index (χ1v) is 8.55. The van der Waals surface area contributed by atoms with Crippen molar-refractivity contribution in [1.82, 2.24) is 0 Å². The second-order valence-corrected chi connectivity index (χ2v) is 8.35. The van der Waals surface area contributed by atoms with Crippen LogP contribution < -0.4 is 4.31 Å². The SMILES string of the molecule is CN(c1ccc(F)cc1)S(=O)(=O)c1cc(CO)sc1Br. The van der Waals surface area contributed by atoms with Gasteiger partial charge in [-0.25, -0.2) is 12.8 Å². The highest BCUT2D eigenvalue weighted by molar-refractivity contribution is 9.11. The molecule has 2 aromatic rings. The molecule has 108 valence electrons. The molecule has 20 heavy (non-hydrogen) atoms. The number of halogens is 2. The van der Waals surface area contributed by atoms with E-state index in [1.807, 2.05) is 0 Å². The number of anilines is 1. The maximum atomic E-state index is 12.9. The van der Waals surface area contributed by atoms with Gasteiger partial charge in [0.25, 0.3) is 10.0 Å². The number of nitrogens with zero attached hydrogens (tertiary/aromatic N) is 1. The molecule has 0 bridgehead atoms.